The molecule has 1 aliphatic heterocycles. The lowest BCUT2D eigenvalue weighted by Gasteiger charge is -2.12. The number of halogens is 2. The van der Waals surface area contributed by atoms with Gasteiger partial charge in [-0.25, -0.2) is 22.3 Å². The maximum atomic E-state index is 13.6. The van der Waals surface area contributed by atoms with Gasteiger partial charge in [0.25, 0.3) is 0 Å². The molecule has 9 heteroatoms. The molecule has 0 bridgehead atoms. The summed E-state index contributed by atoms with van der Waals surface area (Å²) in [5.74, 6) is -0.458. The summed E-state index contributed by atoms with van der Waals surface area (Å²) in [5.41, 5.74) is -0.575. The Hall–Kier alpha value is -0.830. The van der Waals surface area contributed by atoms with E-state index in [4.69, 9.17) is 16.7 Å². The van der Waals surface area contributed by atoms with E-state index in [1.807, 2.05) is 0 Å². The van der Waals surface area contributed by atoms with Crippen LogP contribution in [0.15, 0.2) is 17.0 Å². The zero-order chi connectivity index (χ0) is 15.6. The number of aromatic carboxylic acids is 1. The third-order valence-corrected chi connectivity index (χ3v) is 6.15. The second kappa shape index (κ2) is 6.51. The predicted molar refractivity (Wildman–Crippen MR) is 79.0 cm³/mol. The monoisotopic (exact) mass is 353 g/mol. The number of carbonyl (C=O) groups is 1. The van der Waals surface area contributed by atoms with E-state index in [1.165, 1.54) is 0 Å². The molecule has 0 amide bonds. The maximum Gasteiger partial charge on any atom is 0.337 e. The van der Waals surface area contributed by atoms with Gasteiger partial charge in [0, 0.05) is 6.54 Å². The Morgan fingerprint density at radius 3 is 2.81 bits per heavy atom. The zero-order valence-corrected chi connectivity index (χ0v) is 13.2. The first-order valence-corrected chi connectivity index (χ1v) is 9.12. The van der Waals surface area contributed by atoms with E-state index in [9.17, 15) is 17.6 Å². The van der Waals surface area contributed by atoms with Gasteiger partial charge in [-0.2, -0.15) is 11.8 Å². The number of hydrogen-bond acceptors (Lipinski definition) is 4. The summed E-state index contributed by atoms with van der Waals surface area (Å²) in [7, 11) is -3.96. The molecule has 1 fully saturated rings. The highest BCUT2D eigenvalue weighted by Gasteiger charge is 2.23. The number of benzene rings is 1. The number of nitrogens with one attached hydrogen (secondary N) is 1. The lowest BCUT2D eigenvalue weighted by Crippen LogP contribution is -2.29. The van der Waals surface area contributed by atoms with Crippen LogP contribution >= 0.6 is 23.4 Å². The average molecular weight is 354 g/mol. The van der Waals surface area contributed by atoms with Gasteiger partial charge >= 0.3 is 5.97 Å². The van der Waals surface area contributed by atoms with Crippen molar-refractivity contribution in [1.29, 1.82) is 0 Å². The van der Waals surface area contributed by atoms with Crippen molar-refractivity contribution in [3.8, 4) is 0 Å². The fourth-order valence-electron chi connectivity index (χ4n) is 1.93. The molecule has 21 heavy (non-hydrogen) atoms. The van der Waals surface area contributed by atoms with Gasteiger partial charge in [0.05, 0.1) is 15.5 Å². The SMILES string of the molecule is O=C(O)c1cc(S(=O)(=O)NCC2CCSC2)cc(F)c1Cl. The van der Waals surface area contributed by atoms with Crippen molar-refractivity contribution in [3.63, 3.8) is 0 Å². The van der Waals surface area contributed by atoms with Crippen LogP contribution in [0, 0.1) is 11.7 Å². The van der Waals surface area contributed by atoms with Crippen molar-refractivity contribution in [3.05, 3.63) is 28.5 Å². The summed E-state index contributed by atoms with van der Waals surface area (Å²) >= 11 is 7.27. The van der Waals surface area contributed by atoms with Gasteiger partial charge in [0.15, 0.2) is 0 Å². The van der Waals surface area contributed by atoms with Gasteiger partial charge in [-0.05, 0) is 36.0 Å². The first kappa shape index (κ1) is 16.5. The van der Waals surface area contributed by atoms with Crippen molar-refractivity contribution < 1.29 is 22.7 Å². The largest absolute Gasteiger partial charge is 0.478 e. The summed E-state index contributed by atoms with van der Waals surface area (Å²) in [6.07, 6.45) is 0.919. The van der Waals surface area contributed by atoms with E-state index in [0.29, 0.717) is 0 Å². The topological polar surface area (TPSA) is 83.5 Å². The number of rotatable bonds is 5. The molecule has 2 N–H and O–H groups in total. The van der Waals surface area contributed by atoms with Crippen LogP contribution in [0.5, 0.6) is 0 Å². The first-order valence-electron chi connectivity index (χ1n) is 6.11. The van der Waals surface area contributed by atoms with Gasteiger partial charge in [-0.1, -0.05) is 11.6 Å². The van der Waals surface area contributed by atoms with Gasteiger partial charge < -0.3 is 5.11 Å². The summed E-state index contributed by atoms with van der Waals surface area (Å²) in [5, 5.41) is 8.31. The molecule has 0 aliphatic carbocycles. The molecule has 1 aliphatic rings. The number of hydrogen-bond donors (Lipinski definition) is 2. The number of sulfonamides is 1. The molecule has 0 radical (unpaired) electrons. The lowest BCUT2D eigenvalue weighted by molar-refractivity contribution is 0.0696. The highest BCUT2D eigenvalue weighted by Crippen LogP contribution is 2.26. The van der Waals surface area contributed by atoms with E-state index in [1.54, 1.807) is 11.8 Å². The van der Waals surface area contributed by atoms with Crippen molar-refractivity contribution in [1.82, 2.24) is 4.72 Å². The van der Waals surface area contributed by atoms with Gasteiger partial charge in [0.2, 0.25) is 10.0 Å². The standard InChI is InChI=1S/C12H13ClFNO4S2/c13-11-9(12(16)17)3-8(4-10(11)14)21(18,19)15-5-7-1-2-20-6-7/h3-4,7,15H,1-2,5-6H2,(H,16,17). The van der Waals surface area contributed by atoms with Crippen molar-refractivity contribution in [2.45, 2.75) is 11.3 Å². The molecular weight excluding hydrogens is 341 g/mol. The highest BCUT2D eigenvalue weighted by atomic mass is 35.5. The lowest BCUT2D eigenvalue weighted by atomic mass is 10.1. The fourth-order valence-corrected chi connectivity index (χ4v) is 4.56. The third-order valence-electron chi connectivity index (χ3n) is 3.13. The van der Waals surface area contributed by atoms with Crippen LogP contribution < -0.4 is 4.72 Å². The molecule has 1 saturated heterocycles. The van der Waals surface area contributed by atoms with Crippen molar-refractivity contribution in [2.75, 3.05) is 18.1 Å². The minimum absolute atomic E-state index is 0.237. The minimum atomic E-state index is -3.96. The van der Waals surface area contributed by atoms with E-state index in [-0.39, 0.29) is 12.5 Å². The van der Waals surface area contributed by atoms with E-state index >= 15 is 0 Å². The van der Waals surface area contributed by atoms with Crippen molar-refractivity contribution in [2.24, 2.45) is 5.92 Å². The Morgan fingerprint density at radius 1 is 1.52 bits per heavy atom. The van der Waals surface area contributed by atoms with Crippen LogP contribution in [-0.4, -0.2) is 37.5 Å². The van der Waals surface area contributed by atoms with Crippen LogP contribution in [-0.2, 0) is 10.0 Å². The van der Waals surface area contributed by atoms with Crippen LogP contribution in [0.4, 0.5) is 4.39 Å². The van der Waals surface area contributed by atoms with Crippen LogP contribution in [0.25, 0.3) is 0 Å². The molecule has 0 aromatic heterocycles. The Morgan fingerprint density at radius 2 is 2.24 bits per heavy atom. The van der Waals surface area contributed by atoms with E-state index in [2.05, 4.69) is 4.72 Å². The Kier molecular flexibility index (Phi) is 5.13. The third kappa shape index (κ3) is 3.88. The Bertz CT molecular complexity index is 659. The zero-order valence-electron chi connectivity index (χ0n) is 10.8. The first-order chi connectivity index (χ1) is 9.81. The van der Waals surface area contributed by atoms with Crippen LogP contribution in [0.3, 0.4) is 0 Å². The summed E-state index contributed by atoms with van der Waals surface area (Å²) < 4.78 is 40.2. The second-order valence-corrected chi connectivity index (χ2v) is 7.95. The number of thioether (sulfide) groups is 1. The summed E-state index contributed by atoms with van der Waals surface area (Å²) in [6, 6.07) is 1.58. The molecule has 1 atom stereocenters. The molecule has 1 aromatic rings. The van der Waals surface area contributed by atoms with Crippen LogP contribution in [0.1, 0.15) is 16.8 Å². The second-order valence-electron chi connectivity index (χ2n) is 4.65. The minimum Gasteiger partial charge on any atom is -0.478 e. The Balaban J connectivity index is 2.24. The molecule has 116 valence electrons. The maximum absolute atomic E-state index is 13.6. The average Bonchev–Trinajstić information content (AvgIpc) is 2.92. The number of carboxylic acids is 1. The molecule has 1 unspecified atom stereocenters. The molecule has 1 aromatic carbocycles. The predicted octanol–water partition coefficient (Wildman–Crippen LogP) is 2.21. The Labute approximate surface area is 130 Å². The smallest absolute Gasteiger partial charge is 0.337 e. The quantitative estimate of drug-likeness (QED) is 0.848. The summed E-state index contributed by atoms with van der Waals surface area (Å²) in [6.45, 7) is 0.252. The van der Waals surface area contributed by atoms with Gasteiger partial charge in [-0.3, -0.25) is 0 Å². The summed E-state index contributed by atoms with van der Waals surface area (Å²) in [4.78, 5) is 10.5. The number of carboxylic acid groups (broad SMARTS) is 1. The van der Waals surface area contributed by atoms with Gasteiger partial charge in [0.1, 0.15) is 5.82 Å². The van der Waals surface area contributed by atoms with E-state index < -0.39 is 37.3 Å². The van der Waals surface area contributed by atoms with Crippen molar-refractivity contribution >= 4 is 39.4 Å². The highest BCUT2D eigenvalue weighted by molar-refractivity contribution is 7.99. The molecule has 0 spiro atoms. The normalized spacial score (nSPS) is 18.9. The molecule has 2 rings (SSSR count). The van der Waals surface area contributed by atoms with Gasteiger partial charge in [-0.15, -0.1) is 0 Å². The molecule has 0 saturated carbocycles. The van der Waals surface area contributed by atoms with Crippen LogP contribution in [0.2, 0.25) is 5.02 Å². The molecule has 5 nitrogen and oxygen atoms in total. The van der Waals surface area contributed by atoms with E-state index in [0.717, 1.165) is 30.1 Å². The molecular formula is C12H13ClFNO4S2. The fraction of sp³-hybridized carbons (Fsp3) is 0.417. The molecule has 1 heterocycles.